The van der Waals surface area contributed by atoms with Crippen molar-refractivity contribution in [1.29, 1.82) is 0 Å². The van der Waals surface area contributed by atoms with E-state index in [1.54, 1.807) is 0 Å². The summed E-state index contributed by atoms with van der Waals surface area (Å²) in [4.78, 5) is 10.9. The molecule has 2 aliphatic rings. The van der Waals surface area contributed by atoms with E-state index in [2.05, 4.69) is 5.32 Å². The molecule has 2 atom stereocenters. The van der Waals surface area contributed by atoms with Crippen LogP contribution in [0.3, 0.4) is 0 Å². The van der Waals surface area contributed by atoms with Crippen molar-refractivity contribution in [3.05, 3.63) is 0 Å². The quantitative estimate of drug-likeness (QED) is 0.500. The van der Waals surface area contributed by atoms with E-state index in [0.29, 0.717) is 17.9 Å². The fourth-order valence-corrected chi connectivity index (χ4v) is 1.99. The molecule has 2 rings (SSSR count). The zero-order valence-corrected chi connectivity index (χ0v) is 6.10. The maximum absolute atomic E-state index is 10.9. The lowest BCUT2D eigenvalue weighted by atomic mass is 9.87. The zero-order chi connectivity index (χ0) is 6.97. The van der Waals surface area contributed by atoms with Crippen LogP contribution in [-0.4, -0.2) is 11.9 Å². The van der Waals surface area contributed by atoms with E-state index in [4.69, 9.17) is 0 Å². The third-order valence-corrected chi connectivity index (χ3v) is 2.68. The number of amides is 1. The van der Waals surface area contributed by atoms with Gasteiger partial charge in [-0.1, -0.05) is 19.3 Å². The van der Waals surface area contributed by atoms with Crippen molar-refractivity contribution in [3.8, 4) is 0 Å². The highest BCUT2D eigenvalue weighted by Crippen LogP contribution is 2.29. The molecule has 0 spiro atoms. The van der Waals surface area contributed by atoms with Gasteiger partial charge in [-0.25, -0.2) is 0 Å². The molecule has 0 bridgehead atoms. The predicted molar refractivity (Wildman–Crippen MR) is 38.5 cm³/mol. The van der Waals surface area contributed by atoms with Crippen LogP contribution in [0.5, 0.6) is 0 Å². The van der Waals surface area contributed by atoms with E-state index < -0.39 is 0 Å². The molecular formula is C8H13NO. The molecule has 2 nitrogen and oxygen atoms in total. The lowest BCUT2D eigenvalue weighted by Gasteiger charge is -2.35. The molecule has 1 heterocycles. The van der Waals surface area contributed by atoms with Crippen LogP contribution in [0.2, 0.25) is 0 Å². The van der Waals surface area contributed by atoms with E-state index in [-0.39, 0.29) is 0 Å². The van der Waals surface area contributed by atoms with Crippen LogP contribution in [0, 0.1) is 5.92 Å². The second-order valence-electron chi connectivity index (χ2n) is 3.36. The largest absolute Gasteiger partial charge is 0.352 e. The number of hydrogen-bond donors (Lipinski definition) is 1. The maximum Gasteiger partial charge on any atom is 0.225 e. The Labute approximate surface area is 61.0 Å². The Morgan fingerprint density at radius 3 is 2.80 bits per heavy atom. The summed E-state index contributed by atoms with van der Waals surface area (Å²) >= 11 is 0. The first-order chi connectivity index (χ1) is 4.88. The minimum Gasteiger partial charge on any atom is -0.352 e. The number of carbonyl (C=O) groups is 1. The molecule has 10 heavy (non-hydrogen) atoms. The average molecular weight is 139 g/mol. The lowest BCUT2D eigenvalue weighted by molar-refractivity contribution is -0.135. The summed E-state index contributed by atoms with van der Waals surface area (Å²) in [6.45, 7) is 0. The smallest absolute Gasteiger partial charge is 0.225 e. The SMILES string of the molecule is O=C1N[C@@H]2CCCCC[C@@H]12. The normalized spacial score (nSPS) is 39.0. The molecular weight excluding hydrogens is 126 g/mol. The van der Waals surface area contributed by atoms with Gasteiger partial charge in [0.2, 0.25) is 5.91 Å². The summed E-state index contributed by atoms with van der Waals surface area (Å²) < 4.78 is 0. The van der Waals surface area contributed by atoms with Crippen LogP contribution in [0.25, 0.3) is 0 Å². The molecule has 0 aromatic carbocycles. The molecule has 0 aromatic rings. The average Bonchev–Trinajstić information content (AvgIpc) is 2.09. The van der Waals surface area contributed by atoms with Crippen LogP contribution in [0.1, 0.15) is 32.1 Å². The van der Waals surface area contributed by atoms with Gasteiger partial charge in [-0.05, 0) is 12.8 Å². The summed E-state index contributed by atoms with van der Waals surface area (Å²) in [6, 6.07) is 0.551. The van der Waals surface area contributed by atoms with E-state index in [0.717, 1.165) is 6.42 Å². The van der Waals surface area contributed by atoms with Crippen LogP contribution >= 0.6 is 0 Å². The van der Waals surface area contributed by atoms with Crippen molar-refractivity contribution >= 4 is 5.91 Å². The van der Waals surface area contributed by atoms with Crippen LogP contribution in [0.4, 0.5) is 0 Å². The molecule has 1 N–H and O–H groups in total. The van der Waals surface area contributed by atoms with Crippen LogP contribution in [0.15, 0.2) is 0 Å². The van der Waals surface area contributed by atoms with Gasteiger partial charge in [0.25, 0.3) is 0 Å². The van der Waals surface area contributed by atoms with Gasteiger partial charge in [-0.3, -0.25) is 4.79 Å². The molecule has 2 heteroatoms. The number of fused-ring (bicyclic) bond motifs is 1. The summed E-state index contributed by atoms with van der Waals surface area (Å²) in [6.07, 6.45) is 6.24. The molecule has 0 radical (unpaired) electrons. The summed E-state index contributed by atoms with van der Waals surface area (Å²) in [5, 5.41) is 2.95. The van der Waals surface area contributed by atoms with Gasteiger partial charge in [0.15, 0.2) is 0 Å². The third kappa shape index (κ3) is 0.825. The van der Waals surface area contributed by atoms with E-state index >= 15 is 0 Å². The highest BCUT2D eigenvalue weighted by molar-refractivity contribution is 5.85. The number of nitrogens with one attached hydrogen (secondary N) is 1. The molecule has 2 fully saturated rings. The second-order valence-corrected chi connectivity index (χ2v) is 3.36. The Kier molecular flexibility index (Phi) is 1.40. The van der Waals surface area contributed by atoms with Crippen molar-refractivity contribution in [3.63, 3.8) is 0 Å². The van der Waals surface area contributed by atoms with Crippen molar-refractivity contribution in [1.82, 2.24) is 5.32 Å². The fraction of sp³-hybridized carbons (Fsp3) is 0.875. The maximum atomic E-state index is 10.9. The van der Waals surface area contributed by atoms with Crippen molar-refractivity contribution in [2.24, 2.45) is 5.92 Å². The monoisotopic (exact) mass is 139 g/mol. The van der Waals surface area contributed by atoms with Gasteiger partial charge < -0.3 is 5.32 Å². The van der Waals surface area contributed by atoms with Gasteiger partial charge in [0.05, 0.1) is 5.92 Å². The van der Waals surface area contributed by atoms with Crippen molar-refractivity contribution in [2.45, 2.75) is 38.1 Å². The predicted octanol–water partition coefficient (Wildman–Crippen LogP) is 1.07. The van der Waals surface area contributed by atoms with Gasteiger partial charge in [0, 0.05) is 6.04 Å². The Balaban J connectivity index is 1.99. The molecule has 1 saturated heterocycles. The number of carbonyl (C=O) groups excluding carboxylic acids is 1. The summed E-state index contributed by atoms with van der Waals surface area (Å²) in [5.74, 6) is 0.689. The highest BCUT2D eigenvalue weighted by Gasteiger charge is 2.38. The fourth-order valence-electron chi connectivity index (χ4n) is 1.99. The van der Waals surface area contributed by atoms with Gasteiger partial charge >= 0.3 is 0 Å². The van der Waals surface area contributed by atoms with Gasteiger partial charge in [-0.15, -0.1) is 0 Å². The standard InChI is InChI=1S/C8H13NO/c10-8-6-4-2-1-3-5-7(6)9-8/h6-7H,1-5H2,(H,9,10)/t6-,7-/m1/s1. The minimum absolute atomic E-state index is 0.298. The van der Waals surface area contributed by atoms with Crippen molar-refractivity contribution in [2.75, 3.05) is 0 Å². The molecule has 1 amide bonds. The zero-order valence-electron chi connectivity index (χ0n) is 6.10. The first-order valence-electron chi connectivity index (χ1n) is 4.18. The first kappa shape index (κ1) is 6.20. The van der Waals surface area contributed by atoms with E-state index in [1.807, 2.05) is 0 Å². The molecule has 0 unspecified atom stereocenters. The second kappa shape index (κ2) is 2.26. The molecule has 1 aliphatic carbocycles. The molecule has 1 aliphatic heterocycles. The number of β-lactam (4-membered cyclic amide) rings is 1. The number of rotatable bonds is 0. The van der Waals surface area contributed by atoms with Crippen molar-refractivity contribution < 1.29 is 4.79 Å². The third-order valence-electron chi connectivity index (χ3n) is 2.68. The Morgan fingerprint density at radius 1 is 1.20 bits per heavy atom. The number of hydrogen-bond acceptors (Lipinski definition) is 1. The summed E-state index contributed by atoms with van der Waals surface area (Å²) in [5.41, 5.74) is 0. The Bertz CT molecular complexity index is 155. The molecule has 1 saturated carbocycles. The molecule has 0 aromatic heterocycles. The molecule has 56 valence electrons. The Hall–Kier alpha value is -0.530. The lowest BCUT2D eigenvalue weighted by Crippen LogP contribution is -2.57. The van der Waals surface area contributed by atoms with Gasteiger partial charge in [0.1, 0.15) is 0 Å². The minimum atomic E-state index is 0.298. The highest BCUT2D eigenvalue weighted by atomic mass is 16.2. The van der Waals surface area contributed by atoms with E-state index in [1.165, 1.54) is 25.7 Å². The summed E-state index contributed by atoms with van der Waals surface area (Å²) in [7, 11) is 0. The van der Waals surface area contributed by atoms with Crippen LogP contribution < -0.4 is 5.32 Å². The van der Waals surface area contributed by atoms with E-state index in [9.17, 15) is 4.79 Å². The first-order valence-corrected chi connectivity index (χ1v) is 4.18. The van der Waals surface area contributed by atoms with Crippen LogP contribution in [-0.2, 0) is 4.79 Å². The topological polar surface area (TPSA) is 29.1 Å². The van der Waals surface area contributed by atoms with Gasteiger partial charge in [-0.2, -0.15) is 0 Å². The Morgan fingerprint density at radius 2 is 2.00 bits per heavy atom.